The van der Waals surface area contributed by atoms with E-state index in [-0.39, 0.29) is 22.0 Å². The zero-order valence-electron chi connectivity index (χ0n) is 8.99. The molecule has 1 aliphatic rings. The first-order valence-corrected chi connectivity index (χ1v) is 6.03. The number of carbonyl (C=O) groups is 1. The smallest absolute Gasteiger partial charge is 0.358 e. The van der Waals surface area contributed by atoms with Gasteiger partial charge < -0.3 is 9.47 Å². The lowest BCUT2D eigenvalue weighted by atomic mass is 10.1. The molecule has 0 saturated carbocycles. The first kappa shape index (κ1) is 12.6. The standard InChI is InChI=1S/C11H11Cl2NO3/c12-8-1-2-9(13)14-10(8)11(15)17-7-3-5-16-6-4-7/h1-2,7H,3-6H2. The zero-order valence-corrected chi connectivity index (χ0v) is 10.5. The average Bonchev–Trinajstić information content (AvgIpc) is 2.33. The molecule has 0 N–H and O–H groups in total. The van der Waals surface area contributed by atoms with Gasteiger partial charge in [0.2, 0.25) is 0 Å². The Labute approximate surface area is 109 Å². The van der Waals surface area contributed by atoms with Gasteiger partial charge in [0.25, 0.3) is 0 Å². The monoisotopic (exact) mass is 275 g/mol. The van der Waals surface area contributed by atoms with Crippen LogP contribution < -0.4 is 0 Å². The molecule has 1 fully saturated rings. The second-order valence-corrected chi connectivity index (χ2v) is 4.48. The Morgan fingerprint density at radius 1 is 1.35 bits per heavy atom. The Balaban J connectivity index is 2.05. The van der Waals surface area contributed by atoms with E-state index in [9.17, 15) is 4.79 Å². The summed E-state index contributed by atoms with van der Waals surface area (Å²) >= 11 is 11.6. The number of halogens is 2. The number of esters is 1. The number of rotatable bonds is 2. The third-order valence-corrected chi connectivity index (χ3v) is 2.96. The minimum absolute atomic E-state index is 0.0608. The third-order valence-electron chi connectivity index (χ3n) is 2.45. The predicted molar refractivity (Wildman–Crippen MR) is 63.5 cm³/mol. The van der Waals surface area contributed by atoms with Crippen LogP contribution in [0.1, 0.15) is 23.3 Å². The van der Waals surface area contributed by atoms with Crippen molar-refractivity contribution < 1.29 is 14.3 Å². The van der Waals surface area contributed by atoms with E-state index < -0.39 is 5.97 Å². The molecule has 0 amide bonds. The molecular weight excluding hydrogens is 265 g/mol. The van der Waals surface area contributed by atoms with Crippen LogP contribution in [0.25, 0.3) is 0 Å². The lowest BCUT2D eigenvalue weighted by Gasteiger charge is -2.22. The van der Waals surface area contributed by atoms with Gasteiger partial charge in [0, 0.05) is 12.8 Å². The largest absolute Gasteiger partial charge is 0.457 e. The number of pyridine rings is 1. The predicted octanol–water partition coefficient (Wildman–Crippen LogP) is 2.72. The van der Waals surface area contributed by atoms with Crippen molar-refractivity contribution in [3.05, 3.63) is 28.0 Å². The number of nitrogens with zero attached hydrogens (tertiary/aromatic N) is 1. The first-order chi connectivity index (χ1) is 8.16. The molecule has 0 aromatic carbocycles. The van der Waals surface area contributed by atoms with Crippen LogP contribution in [0, 0.1) is 0 Å². The van der Waals surface area contributed by atoms with Gasteiger partial charge in [-0.05, 0) is 12.1 Å². The minimum atomic E-state index is -0.538. The van der Waals surface area contributed by atoms with Gasteiger partial charge in [-0.3, -0.25) is 0 Å². The lowest BCUT2D eigenvalue weighted by Crippen LogP contribution is -2.26. The molecule has 0 radical (unpaired) electrons. The molecule has 6 heteroatoms. The van der Waals surface area contributed by atoms with Gasteiger partial charge in [0.15, 0.2) is 5.69 Å². The van der Waals surface area contributed by atoms with Crippen molar-refractivity contribution in [1.29, 1.82) is 0 Å². The fourth-order valence-electron chi connectivity index (χ4n) is 1.56. The summed E-state index contributed by atoms with van der Waals surface area (Å²) in [5.74, 6) is -0.538. The van der Waals surface area contributed by atoms with Crippen LogP contribution in [0.15, 0.2) is 12.1 Å². The molecule has 2 heterocycles. The van der Waals surface area contributed by atoms with Crippen molar-refractivity contribution in [3.63, 3.8) is 0 Å². The minimum Gasteiger partial charge on any atom is -0.457 e. The lowest BCUT2D eigenvalue weighted by molar-refractivity contribution is -0.0163. The summed E-state index contributed by atoms with van der Waals surface area (Å²) < 4.78 is 10.5. The zero-order chi connectivity index (χ0) is 12.3. The maximum Gasteiger partial charge on any atom is 0.358 e. The van der Waals surface area contributed by atoms with Gasteiger partial charge in [-0.1, -0.05) is 23.2 Å². The Kier molecular flexibility index (Phi) is 4.20. The summed E-state index contributed by atoms with van der Waals surface area (Å²) in [5.41, 5.74) is 0.0608. The number of hydrogen-bond acceptors (Lipinski definition) is 4. The van der Waals surface area contributed by atoms with Crippen LogP contribution in [0.5, 0.6) is 0 Å². The molecule has 2 rings (SSSR count). The van der Waals surface area contributed by atoms with Crippen molar-refractivity contribution in [2.45, 2.75) is 18.9 Å². The third kappa shape index (κ3) is 3.31. The SMILES string of the molecule is O=C(OC1CCOCC1)c1nc(Cl)ccc1Cl. The van der Waals surface area contributed by atoms with Crippen LogP contribution in [0.2, 0.25) is 10.2 Å². The molecule has 0 bridgehead atoms. The highest BCUT2D eigenvalue weighted by atomic mass is 35.5. The van der Waals surface area contributed by atoms with E-state index in [0.717, 1.165) is 0 Å². The first-order valence-electron chi connectivity index (χ1n) is 5.27. The maximum absolute atomic E-state index is 11.8. The topological polar surface area (TPSA) is 48.4 Å². The maximum atomic E-state index is 11.8. The molecule has 1 aromatic heterocycles. The molecule has 4 nitrogen and oxygen atoms in total. The Morgan fingerprint density at radius 3 is 2.76 bits per heavy atom. The molecule has 1 aromatic rings. The van der Waals surface area contributed by atoms with E-state index in [0.29, 0.717) is 26.1 Å². The van der Waals surface area contributed by atoms with Gasteiger partial charge in [-0.15, -0.1) is 0 Å². The summed E-state index contributed by atoms with van der Waals surface area (Å²) in [7, 11) is 0. The quantitative estimate of drug-likeness (QED) is 0.615. The van der Waals surface area contributed by atoms with Gasteiger partial charge >= 0.3 is 5.97 Å². The van der Waals surface area contributed by atoms with Gasteiger partial charge in [0.1, 0.15) is 11.3 Å². The van der Waals surface area contributed by atoms with Crippen LogP contribution in [-0.4, -0.2) is 30.3 Å². The molecule has 17 heavy (non-hydrogen) atoms. The molecule has 0 aliphatic carbocycles. The van der Waals surface area contributed by atoms with Crippen LogP contribution in [0.3, 0.4) is 0 Å². The number of carbonyl (C=O) groups excluding carboxylic acids is 1. The normalized spacial score (nSPS) is 16.8. The fourth-order valence-corrected chi connectivity index (χ4v) is 1.89. The van der Waals surface area contributed by atoms with Crippen LogP contribution in [0.4, 0.5) is 0 Å². The molecule has 1 saturated heterocycles. The highest BCUT2D eigenvalue weighted by molar-refractivity contribution is 6.34. The van der Waals surface area contributed by atoms with Crippen molar-refractivity contribution in [2.75, 3.05) is 13.2 Å². The Bertz CT molecular complexity index is 419. The summed E-state index contributed by atoms with van der Waals surface area (Å²) in [4.78, 5) is 15.7. The highest BCUT2D eigenvalue weighted by Gasteiger charge is 2.21. The van der Waals surface area contributed by atoms with Crippen molar-refractivity contribution >= 4 is 29.2 Å². The van der Waals surface area contributed by atoms with Crippen molar-refractivity contribution in [2.24, 2.45) is 0 Å². The molecule has 1 aliphatic heterocycles. The fraction of sp³-hybridized carbons (Fsp3) is 0.455. The molecule has 0 spiro atoms. The van der Waals surface area contributed by atoms with E-state index in [4.69, 9.17) is 32.7 Å². The second-order valence-electron chi connectivity index (χ2n) is 3.68. The molecule has 0 atom stereocenters. The van der Waals surface area contributed by atoms with E-state index in [1.54, 1.807) is 0 Å². The summed E-state index contributed by atoms with van der Waals surface area (Å²) in [6.07, 6.45) is 1.27. The van der Waals surface area contributed by atoms with Gasteiger partial charge in [-0.2, -0.15) is 0 Å². The number of aromatic nitrogens is 1. The van der Waals surface area contributed by atoms with Crippen molar-refractivity contribution in [3.8, 4) is 0 Å². The van der Waals surface area contributed by atoms with Crippen LogP contribution in [-0.2, 0) is 9.47 Å². The average molecular weight is 276 g/mol. The summed E-state index contributed by atoms with van der Waals surface area (Å²) in [6.45, 7) is 1.21. The number of ether oxygens (including phenoxy) is 2. The Hall–Kier alpha value is -0.840. The number of hydrogen-bond donors (Lipinski definition) is 0. The summed E-state index contributed by atoms with van der Waals surface area (Å²) in [6, 6.07) is 3.05. The Morgan fingerprint density at radius 2 is 2.06 bits per heavy atom. The van der Waals surface area contributed by atoms with Gasteiger partial charge in [0.05, 0.1) is 18.2 Å². The molecular formula is C11H11Cl2NO3. The highest BCUT2D eigenvalue weighted by Crippen LogP contribution is 2.20. The van der Waals surface area contributed by atoms with Crippen LogP contribution >= 0.6 is 23.2 Å². The summed E-state index contributed by atoms with van der Waals surface area (Å²) in [5, 5.41) is 0.458. The molecule has 92 valence electrons. The van der Waals surface area contributed by atoms with E-state index >= 15 is 0 Å². The van der Waals surface area contributed by atoms with Crippen molar-refractivity contribution in [1.82, 2.24) is 4.98 Å². The molecule has 0 unspecified atom stereocenters. The van der Waals surface area contributed by atoms with E-state index in [1.807, 2.05) is 0 Å². The van der Waals surface area contributed by atoms with Gasteiger partial charge in [-0.25, -0.2) is 9.78 Å². The van der Waals surface area contributed by atoms with E-state index in [1.165, 1.54) is 12.1 Å². The van der Waals surface area contributed by atoms with E-state index in [2.05, 4.69) is 4.98 Å². The second kappa shape index (κ2) is 5.67.